The Labute approximate surface area is 203 Å². The predicted molar refractivity (Wildman–Crippen MR) is 124 cm³/mol. The van der Waals surface area contributed by atoms with Crippen LogP contribution in [0.1, 0.15) is 38.7 Å². The number of carbonyl (C=O) groups is 1. The molecule has 0 aliphatic carbocycles. The lowest BCUT2D eigenvalue weighted by Crippen LogP contribution is -2.18. The number of hydrogen-bond acceptors (Lipinski definition) is 4. The summed E-state index contributed by atoms with van der Waals surface area (Å²) in [7, 11) is -5.61. The fraction of sp³-hybridized carbons (Fsp3) is 0.130. The molecule has 0 saturated heterocycles. The van der Waals surface area contributed by atoms with Gasteiger partial charge in [-0.15, -0.1) is 0 Å². The Bertz CT molecular complexity index is 1750. The summed E-state index contributed by atoms with van der Waals surface area (Å²) in [5, 5.41) is 0.670. The van der Waals surface area contributed by atoms with Crippen LogP contribution in [0.25, 0.3) is 22.2 Å². The molecule has 4 aromatic rings. The van der Waals surface area contributed by atoms with Gasteiger partial charge in [-0.25, -0.2) is 22.2 Å². The van der Waals surface area contributed by atoms with Gasteiger partial charge in [-0.1, -0.05) is 30.6 Å². The highest BCUT2D eigenvalue weighted by Crippen LogP contribution is 2.30. The van der Waals surface area contributed by atoms with Crippen molar-refractivity contribution in [3.63, 3.8) is 0 Å². The van der Waals surface area contributed by atoms with E-state index < -0.39 is 57.6 Å². The summed E-state index contributed by atoms with van der Waals surface area (Å²) in [4.78, 5) is 20.3. The largest absolute Gasteiger partial charge is 0.345 e. The van der Waals surface area contributed by atoms with E-state index in [9.17, 15) is 17.6 Å². The first-order valence-corrected chi connectivity index (χ1v) is 11.0. The molecule has 33 heavy (non-hydrogen) atoms. The number of benzene rings is 2. The average Bonchev–Trinajstić information content (AvgIpc) is 3.28. The second kappa shape index (κ2) is 8.92. The molecule has 0 bridgehead atoms. The van der Waals surface area contributed by atoms with E-state index in [0.29, 0.717) is 28.3 Å². The number of anilines is 1. The molecule has 4 rings (SSSR count). The van der Waals surface area contributed by atoms with Crippen LogP contribution in [0, 0.1) is 11.6 Å². The van der Waals surface area contributed by atoms with Crippen LogP contribution in [-0.4, -0.2) is 29.9 Å². The van der Waals surface area contributed by atoms with E-state index in [1.54, 1.807) is 30.3 Å². The predicted octanol–water partition coefficient (Wildman–Crippen LogP) is 5.54. The molecule has 0 aliphatic heterocycles. The normalized spacial score (nSPS) is 16.0. The van der Waals surface area contributed by atoms with Crippen molar-refractivity contribution < 1.29 is 31.6 Å². The van der Waals surface area contributed by atoms with Crippen molar-refractivity contribution >= 4 is 44.1 Å². The highest BCUT2D eigenvalue weighted by molar-refractivity contribution is 7.92. The first kappa shape index (κ1) is 15.5. The number of ketones is 1. The molecular formula is C23H18ClF2N3O3S. The second-order valence-electron chi connectivity index (χ2n) is 6.78. The van der Waals surface area contributed by atoms with Gasteiger partial charge in [-0.2, -0.15) is 0 Å². The Morgan fingerprint density at radius 1 is 1.21 bits per heavy atom. The summed E-state index contributed by atoms with van der Waals surface area (Å²) in [6.07, 6.45) is -1.27. The van der Waals surface area contributed by atoms with Crippen molar-refractivity contribution in [2.45, 2.75) is 13.2 Å². The van der Waals surface area contributed by atoms with E-state index in [0.717, 1.165) is 6.20 Å². The van der Waals surface area contributed by atoms with Gasteiger partial charge in [0.2, 0.25) is 15.8 Å². The molecule has 170 valence electrons. The SMILES string of the molecule is [2H]C([2H])([2H])C([2H])([2H])C([2H])([2H])S(=O)(=O)Nc1ccc(F)c(C(=O)c2c[nH]c3ncc(-c4ccc(Cl)cc4)cc23)c1F. The summed E-state index contributed by atoms with van der Waals surface area (Å²) < 4.78 is 109. The molecule has 0 fully saturated rings. The van der Waals surface area contributed by atoms with E-state index in [2.05, 4.69) is 9.97 Å². The van der Waals surface area contributed by atoms with Gasteiger partial charge in [0, 0.05) is 43.5 Å². The fourth-order valence-electron chi connectivity index (χ4n) is 3.20. The number of H-pyrrole nitrogens is 1. The molecular weight excluding hydrogens is 472 g/mol. The molecule has 0 saturated carbocycles. The molecule has 0 radical (unpaired) electrons. The van der Waals surface area contributed by atoms with Gasteiger partial charge in [-0.3, -0.25) is 9.52 Å². The Kier molecular flexibility index (Phi) is 4.19. The van der Waals surface area contributed by atoms with Gasteiger partial charge < -0.3 is 4.98 Å². The molecule has 0 spiro atoms. The quantitative estimate of drug-likeness (QED) is 0.328. The second-order valence-corrected chi connectivity index (χ2v) is 8.63. The third-order valence-electron chi connectivity index (χ3n) is 4.70. The van der Waals surface area contributed by atoms with Crippen molar-refractivity contribution in [1.29, 1.82) is 0 Å². The van der Waals surface area contributed by atoms with Gasteiger partial charge in [0.15, 0.2) is 5.82 Å². The smallest absolute Gasteiger partial charge is 0.232 e. The molecule has 2 N–H and O–H groups in total. The molecule has 0 aliphatic rings. The molecule has 6 nitrogen and oxygen atoms in total. The first-order chi connectivity index (χ1) is 18.4. The summed E-state index contributed by atoms with van der Waals surface area (Å²) in [5.41, 5.74) is -5.18. The maximum Gasteiger partial charge on any atom is 0.232 e. The zero-order chi connectivity index (χ0) is 29.8. The monoisotopic (exact) mass is 496 g/mol. The van der Waals surface area contributed by atoms with Gasteiger partial charge in [0.1, 0.15) is 11.5 Å². The van der Waals surface area contributed by atoms with Crippen LogP contribution in [0.3, 0.4) is 0 Å². The molecule has 10 heteroatoms. The standard InChI is InChI=1S/C23H18ClF2N3O3S/c1-2-9-33(31,32)29-19-8-7-18(25)20(21(19)26)22(30)17-12-28-23-16(17)10-14(11-27-23)13-3-5-15(24)6-4-13/h3-8,10-12,29H,2,9H2,1H3,(H,27,28)/i1D3,2D2,9D2. The van der Waals surface area contributed by atoms with Crippen LogP contribution >= 0.6 is 11.6 Å². The summed E-state index contributed by atoms with van der Waals surface area (Å²) in [6, 6.07) is 9.30. The third-order valence-corrected chi connectivity index (χ3v) is 5.81. The summed E-state index contributed by atoms with van der Waals surface area (Å²) >= 11 is 5.92. The highest BCUT2D eigenvalue weighted by Gasteiger charge is 2.26. The number of nitrogens with one attached hydrogen (secondary N) is 2. The van der Waals surface area contributed by atoms with Crippen LogP contribution < -0.4 is 4.72 Å². The Hall–Kier alpha value is -3.30. The van der Waals surface area contributed by atoms with Crippen LogP contribution in [0.15, 0.2) is 54.9 Å². The van der Waals surface area contributed by atoms with Gasteiger partial charge in [-0.05, 0) is 42.3 Å². The number of aromatic nitrogens is 2. The van der Waals surface area contributed by atoms with E-state index in [-0.39, 0.29) is 16.6 Å². The Morgan fingerprint density at radius 3 is 2.70 bits per heavy atom. The molecule has 2 heterocycles. The van der Waals surface area contributed by atoms with Crippen molar-refractivity contribution in [2.24, 2.45) is 0 Å². The Balaban J connectivity index is 1.76. The number of pyridine rings is 1. The fourth-order valence-corrected chi connectivity index (χ4v) is 3.96. The molecule has 0 unspecified atom stereocenters. The minimum absolute atomic E-state index is 0.185. The van der Waals surface area contributed by atoms with E-state index in [1.807, 2.05) is 0 Å². The number of halogens is 3. The maximum atomic E-state index is 15.5. The van der Waals surface area contributed by atoms with Crippen LogP contribution in [-0.2, 0) is 10.0 Å². The topological polar surface area (TPSA) is 91.9 Å². The van der Waals surface area contributed by atoms with Crippen LogP contribution in [0.2, 0.25) is 5.02 Å². The van der Waals surface area contributed by atoms with Crippen molar-refractivity contribution in [3.05, 3.63) is 82.6 Å². The summed E-state index contributed by atoms with van der Waals surface area (Å²) in [5.74, 6) is -4.31. The number of fused-ring (bicyclic) bond motifs is 1. The van der Waals surface area contributed by atoms with E-state index >= 15 is 4.39 Å². The molecule has 2 aromatic heterocycles. The maximum absolute atomic E-state index is 15.5. The van der Waals surface area contributed by atoms with Crippen LogP contribution in [0.4, 0.5) is 14.5 Å². The summed E-state index contributed by atoms with van der Waals surface area (Å²) in [6.45, 7) is -3.72. The Morgan fingerprint density at radius 2 is 1.97 bits per heavy atom. The number of carbonyl (C=O) groups excluding carboxylic acids is 1. The van der Waals surface area contributed by atoms with Gasteiger partial charge in [0.05, 0.1) is 17.0 Å². The number of rotatable bonds is 7. The zero-order valence-electron chi connectivity index (χ0n) is 23.4. The lowest BCUT2D eigenvalue weighted by Gasteiger charge is -2.11. The molecule has 0 amide bonds. The minimum Gasteiger partial charge on any atom is -0.345 e. The number of nitrogens with zero attached hydrogens (tertiary/aromatic N) is 1. The molecule has 0 atom stereocenters. The lowest BCUT2D eigenvalue weighted by atomic mass is 10.00. The van der Waals surface area contributed by atoms with Gasteiger partial charge in [0.25, 0.3) is 0 Å². The third kappa shape index (κ3) is 4.60. The number of hydrogen-bond donors (Lipinski definition) is 2. The average molecular weight is 497 g/mol. The zero-order valence-corrected chi connectivity index (χ0v) is 18.0. The molecule has 2 aromatic carbocycles. The number of aromatic amines is 1. The first-order valence-electron chi connectivity index (χ1n) is 12.7. The highest BCUT2D eigenvalue weighted by atomic mass is 35.5. The lowest BCUT2D eigenvalue weighted by molar-refractivity contribution is 0.103. The van der Waals surface area contributed by atoms with E-state index in [1.165, 1.54) is 10.9 Å². The number of sulfonamides is 1. The minimum atomic E-state index is -5.61. The van der Waals surface area contributed by atoms with Gasteiger partial charge >= 0.3 is 0 Å². The van der Waals surface area contributed by atoms with Crippen molar-refractivity contribution in [2.75, 3.05) is 10.4 Å². The van der Waals surface area contributed by atoms with Crippen molar-refractivity contribution in [1.82, 2.24) is 9.97 Å². The van der Waals surface area contributed by atoms with E-state index in [4.69, 9.17) is 21.2 Å². The van der Waals surface area contributed by atoms with Crippen molar-refractivity contribution in [3.8, 4) is 11.1 Å². The van der Waals surface area contributed by atoms with Crippen LogP contribution in [0.5, 0.6) is 0 Å².